The van der Waals surface area contributed by atoms with E-state index < -0.39 is 11.4 Å². The van der Waals surface area contributed by atoms with E-state index in [0.29, 0.717) is 22.3 Å². The summed E-state index contributed by atoms with van der Waals surface area (Å²) in [6, 6.07) is 24.1. The lowest BCUT2D eigenvalue weighted by molar-refractivity contribution is 0.0488. The summed E-state index contributed by atoms with van der Waals surface area (Å²) < 4.78 is 0. The van der Waals surface area contributed by atoms with Crippen LogP contribution in [-0.4, -0.2) is 16.7 Å². The van der Waals surface area contributed by atoms with Crippen molar-refractivity contribution in [3.63, 3.8) is 0 Å². The van der Waals surface area contributed by atoms with Crippen molar-refractivity contribution in [2.75, 3.05) is 0 Å². The van der Waals surface area contributed by atoms with E-state index in [1.807, 2.05) is 12.1 Å². The maximum Gasteiger partial charge on any atom is 0.203 e. The van der Waals surface area contributed by atoms with Gasteiger partial charge in [0.15, 0.2) is 11.4 Å². The fraction of sp³-hybridized carbons (Fsp3) is 0.0909. The van der Waals surface area contributed by atoms with Gasteiger partial charge in [0.2, 0.25) is 5.78 Å². The molecule has 0 radical (unpaired) electrons. The first-order chi connectivity index (χ1) is 12.0. The van der Waals surface area contributed by atoms with Gasteiger partial charge in [-0.1, -0.05) is 84.9 Å². The second kappa shape index (κ2) is 6.83. The van der Waals surface area contributed by atoms with Gasteiger partial charge < -0.3 is 5.11 Å². The monoisotopic (exact) mass is 330 g/mol. The molecule has 3 nitrogen and oxygen atoms in total. The van der Waals surface area contributed by atoms with Crippen LogP contribution in [0.25, 0.3) is 0 Å². The molecule has 3 aromatic rings. The molecule has 0 heterocycles. The van der Waals surface area contributed by atoms with Crippen LogP contribution in [-0.2, 0) is 5.60 Å². The van der Waals surface area contributed by atoms with E-state index in [1.165, 1.54) is 6.92 Å². The Morgan fingerprint density at radius 3 is 1.48 bits per heavy atom. The molecule has 25 heavy (non-hydrogen) atoms. The quantitative estimate of drug-likeness (QED) is 0.719. The minimum absolute atomic E-state index is 0.0691. The standard InChI is InChI=1S/C22H18O3/c1-16(23)17-12-14-18(15-13-17)21(24)22(25,19-8-4-2-5-9-19)20-10-6-3-7-11-20/h2-15,25H,1H3. The lowest BCUT2D eigenvalue weighted by Gasteiger charge is -2.28. The highest BCUT2D eigenvalue weighted by Gasteiger charge is 2.40. The fourth-order valence-corrected chi connectivity index (χ4v) is 2.85. The van der Waals surface area contributed by atoms with Crippen LogP contribution in [0.3, 0.4) is 0 Å². The van der Waals surface area contributed by atoms with Gasteiger partial charge in [-0.25, -0.2) is 0 Å². The summed E-state index contributed by atoms with van der Waals surface area (Å²) in [5.74, 6) is -0.500. The number of hydrogen-bond acceptors (Lipinski definition) is 3. The number of carbonyl (C=O) groups is 2. The van der Waals surface area contributed by atoms with Crippen LogP contribution in [0.5, 0.6) is 0 Å². The smallest absolute Gasteiger partial charge is 0.203 e. The van der Waals surface area contributed by atoms with E-state index >= 15 is 0 Å². The average Bonchev–Trinajstić information content (AvgIpc) is 2.68. The van der Waals surface area contributed by atoms with Gasteiger partial charge in [0.25, 0.3) is 0 Å². The van der Waals surface area contributed by atoms with E-state index in [0.717, 1.165) is 0 Å². The summed E-state index contributed by atoms with van der Waals surface area (Å²) in [7, 11) is 0. The Bertz CT molecular complexity index is 842. The number of Topliss-reactive ketones (excluding diaryl/α,β-unsaturated/α-hetero) is 2. The van der Waals surface area contributed by atoms with Crippen molar-refractivity contribution >= 4 is 11.6 Å². The topological polar surface area (TPSA) is 54.4 Å². The second-order valence-corrected chi connectivity index (χ2v) is 5.91. The van der Waals surface area contributed by atoms with Crippen molar-refractivity contribution in [3.05, 3.63) is 107 Å². The number of ketones is 2. The Kier molecular flexibility index (Phi) is 4.59. The van der Waals surface area contributed by atoms with Crippen molar-refractivity contribution in [1.82, 2.24) is 0 Å². The van der Waals surface area contributed by atoms with Gasteiger partial charge in [0, 0.05) is 11.1 Å². The molecule has 3 rings (SSSR count). The number of carbonyl (C=O) groups excluding carboxylic acids is 2. The largest absolute Gasteiger partial charge is 0.373 e. The summed E-state index contributed by atoms with van der Waals surface area (Å²) in [6.07, 6.45) is 0. The van der Waals surface area contributed by atoms with Crippen LogP contribution >= 0.6 is 0 Å². The van der Waals surface area contributed by atoms with Crippen molar-refractivity contribution in [1.29, 1.82) is 0 Å². The molecule has 3 aromatic carbocycles. The lowest BCUT2D eigenvalue weighted by Crippen LogP contribution is -2.37. The number of rotatable bonds is 5. The first kappa shape index (κ1) is 16.8. The maximum absolute atomic E-state index is 13.2. The predicted octanol–water partition coefficient (Wildman–Crippen LogP) is 4.01. The average molecular weight is 330 g/mol. The Balaban J connectivity index is 2.12. The molecule has 0 unspecified atom stereocenters. The van der Waals surface area contributed by atoms with Gasteiger partial charge in [-0.05, 0) is 18.1 Å². The third kappa shape index (κ3) is 3.14. The third-order valence-electron chi connectivity index (χ3n) is 4.27. The van der Waals surface area contributed by atoms with Crippen LogP contribution in [0.1, 0.15) is 38.8 Å². The van der Waals surface area contributed by atoms with E-state index in [2.05, 4.69) is 0 Å². The van der Waals surface area contributed by atoms with Crippen LogP contribution < -0.4 is 0 Å². The van der Waals surface area contributed by atoms with Crippen LogP contribution in [0, 0.1) is 0 Å². The molecule has 0 spiro atoms. The summed E-state index contributed by atoms with van der Waals surface area (Å²) in [5.41, 5.74) is 0.0867. The molecular formula is C22H18O3. The highest BCUT2D eigenvalue weighted by atomic mass is 16.3. The van der Waals surface area contributed by atoms with Crippen LogP contribution in [0.4, 0.5) is 0 Å². The van der Waals surface area contributed by atoms with Crippen LogP contribution in [0.2, 0.25) is 0 Å². The first-order valence-electron chi connectivity index (χ1n) is 8.02. The minimum atomic E-state index is -1.79. The van der Waals surface area contributed by atoms with E-state index in [1.54, 1.807) is 72.8 Å². The third-order valence-corrected chi connectivity index (χ3v) is 4.27. The van der Waals surface area contributed by atoms with Crippen molar-refractivity contribution in [3.8, 4) is 0 Å². The lowest BCUT2D eigenvalue weighted by atomic mass is 9.80. The van der Waals surface area contributed by atoms with Crippen molar-refractivity contribution in [2.24, 2.45) is 0 Å². The summed E-state index contributed by atoms with van der Waals surface area (Å²) in [4.78, 5) is 24.6. The molecule has 0 aliphatic heterocycles. The molecule has 0 aliphatic carbocycles. The molecule has 0 saturated carbocycles. The highest BCUT2D eigenvalue weighted by molar-refractivity contribution is 6.05. The Labute approximate surface area is 146 Å². The first-order valence-corrected chi connectivity index (χ1v) is 8.02. The van der Waals surface area contributed by atoms with Gasteiger partial charge in [-0.15, -0.1) is 0 Å². The minimum Gasteiger partial charge on any atom is -0.373 e. The normalized spacial score (nSPS) is 11.1. The highest BCUT2D eigenvalue weighted by Crippen LogP contribution is 2.33. The second-order valence-electron chi connectivity index (χ2n) is 5.91. The Morgan fingerprint density at radius 1 is 0.680 bits per heavy atom. The molecule has 0 amide bonds. The Hall–Kier alpha value is -3.04. The molecular weight excluding hydrogens is 312 g/mol. The zero-order valence-corrected chi connectivity index (χ0v) is 13.8. The SMILES string of the molecule is CC(=O)c1ccc(C(=O)C(O)(c2ccccc2)c2ccccc2)cc1. The molecule has 1 N–H and O–H groups in total. The number of aliphatic hydroxyl groups is 1. The summed E-state index contributed by atoms with van der Waals surface area (Å²) in [5, 5.41) is 11.4. The molecule has 124 valence electrons. The number of hydrogen-bond donors (Lipinski definition) is 1. The zero-order chi connectivity index (χ0) is 17.9. The zero-order valence-electron chi connectivity index (χ0n) is 13.8. The molecule has 3 heteroatoms. The van der Waals surface area contributed by atoms with Crippen molar-refractivity contribution < 1.29 is 14.7 Å². The molecule has 0 bridgehead atoms. The summed E-state index contributed by atoms with van der Waals surface area (Å²) in [6.45, 7) is 1.47. The summed E-state index contributed by atoms with van der Waals surface area (Å²) >= 11 is 0. The van der Waals surface area contributed by atoms with E-state index in [9.17, 15) is 14.7 Å². The maximum atomic E-state index is 13.2. The Morgan fingerprint density at radius 2 is 1.08 bits per heavy atom. The molecule has 0 aromatic heterocycles. The fourth-order valence-electron chi connectivity index (χ4n) is 2.85. The molecule has 0 atom stereocenters. The van der Waals surface area contributed by atoms with Crippen LogP contribution in [0.15, 0.2) is 84.9 Å². The van der Waals surface area contributed by atoms with Gasteiger partial charge in [0.1, 0.15) is 0 Å². The van der Waals surface area contributed by atoms with Gasteiger partial charge in [0.05, 0.1) is 0 Å². The van der Waals surface area contributed by atoms with Crippen molar-refractivity contribution in [2.45, 2.75) is 12.5 Å². The van der Waals surface area contributed by atoms with Gasteiger partial charge >= 0.3 is 0 Å². The van der Waals surface area contributed by atoms with E-state index in [-0.39, 0.29) is 5.78 Å². The van der Waals surface area contributed by atoms with E-state index in [4.69, 9.17) is 0 Å². The van der Waals surface area contributed by atoms with Gasteiger partial charge in [-0.3, -0.25) is 9.59 Å². The van der Waals surface area contributed by atoms with Gasteiger partial charge in [-0.2, -0.15) is 0 Å². The molecule has 0 aliphatic rings. The molecule has 0 fully saturated rings. The number of benzene rings is 3. The molecule has 0 saturated heterocycles. The predicted molar refractivity (Wildman–Crippen MR) is 96.7 cm³/mol.